The van der Waals surface area contributed by atoms with Gasteiger partial charge >= 0.3 is 6.03 Å². The zero-order valence-corrected chi connectivity index (χ0v) is 15.7. The lowest BCUT2D eigenvalue weighted by molar-refractivity contribution is -0.135. The smallest absolute Gasteiger partial charge is 0.319 e. The van der Waals surface area contributed by atoms with Crippen LogP contribution in [-0.4, -0.2) is 59.8 Å². The molecule has 2 aromatic rings. The van der Waals surface area contributed by atoms with Gasteiger partial charge in [0.2, 0.25) is 5.91 Å². The van der Waals surface area contributed by atoms with Gasteiger partial charge in [-0.05, 0) is 30.7 Å². The number of hydrogen-bond donors (Lipinski definition) is 3. The van der Waals surface area contributed by atoms with E-state index in [0.717, 1.165) is 5.69 Å². The van der Waals surface area contributed by atoms with Gasteiger partial charge in [-0.1, -0.05) is 18.2 Å². The normalized spacial score (nSPS) is 19.0. The van der Waals surface area contributed by atoms with E-state index in [1.54, 1.807) is 24.3 Å². The lowest BCUT2D eigenvalue weighted by atomic mass is 9.88. The number of aromatic nitrogens is 1. The van der Waals surface area contributed by atoms with Crippen LogP contribution in [-0.2, 0) is 4.79 Å². The molecule has 0 unspecified atom stereocenters. The summed E-state index contributed by atoms with van der Waals surface area (Å²) in [5, 5.41) is 15.0. The van der Waals surface area contributed by atoms with Gasteiger partial charge in [0.15, 0.2) is 0 Å². The van der Waals surface area contributed by atoms with E-state index < -0.39 is 6.61 Å². The topological polar surface area (TPSA) is 104 Å². The first-order valence-corrected chi connectivity index (χ1v) is 9.12. The minimum atomic E-state index is -0.532. The summed E-state index contributed by atoms with van der Waals surface area (Å²) in [7, 11) is 1.57. The molecule has 3 N–H and O–H groups in total. The van der Waals surface area contributed by atoms with Crippen molar-refractivity contribution in [3.8, 4) is 5.75 Å². The highest BCUT2D eigenvalue weighted by Gasteiger charge is 2.34. The molecule has 1 aromatic carbocycles. The molecular formula is C20H24N4O4. The zero-order valence-electron chi connectivity index (χ0n) is 15.7. The Labute approximate surface area is 163 Å². The van der Waals surface area contributed by atoms with Crippen molar-refractivity contribution < 1.29 is 19.4 Å². The van der Waals surface area contributed by atoms with Crippen molar-refractivity contribution in [2.24, 2.45) is 0 Å². The number of piperidine rings is 1. The van der Waals surface area contributed by atoms with Gasteiger partial charge in [-0.25, -0.2) is 4.79 Å². The number of anilines is 1. The van der Waals surface area contributed by atoms with Crippen LogP contribution in [0.2, 0.25) is 0 Å². The predicted octanol–water partition coefficient (Wildman–Crippen LogP) is 1.59. The Morgan fingerprint density at radius 3 is 2.68 bits per heavy atom. The number of methoxy groups -OCH3 is 1. The van der Waals surface area contributed by atoms with Gasteiger partial charge < -0.3 is 25.4 Å². The minimum Gasteiger partial charge on any atom is -0.495 e. The maximum absolute atomic E-state index is 12.4. The van der Waals surface area contributed by atoms with E-state index in [0.29, 0.717) is 30.9 Å². The molecule has 28 heavy (non-hydrogen) atoms. The molecule has 2 atom stereocenters. The molecule has 0 spiro atoms. The molecule has 148 valence electrons. The largest absolute Gasteiger partial charge is 0.495 e. The third-order valence-electron chi connectivity index (χ3n) is 4.82. The van der Waals surface area contributed by atoms with Crippen LogP contribution < -0.4 is 15.4 Å². The molecule has 1 aromatic heterocycles. The van der Waals surface area contributed by atoms with E-state index in [1.165, 1.54) is 0 Å². The molecule has 1 aliphatic rings. The first-order chi connectivity index (χ1) is 13.6. The van der Waals surface area contributed by atoms with Crippen molar-refractivity contribution in [1.82, 2.24) is 15.2 Å². The number of likely N-dealkylation sites (tertiary alicyclic amines) is 1. The summed E-state index contributed by atoms with van der Waals surface area (Å²) < 4.78 is 5.15. The molecule has 1 fully saturated rings. The number of benzene rings is 1. The van der Waals surface area contributed by atoms with E-state index in [4.69, 9.17) is 4.74 Å². The predicted molar refractivity (Wildman–Crippen MR) is 104 cm³/mol. The maximum Gasteiger partial charge on any atom is 0.319 e. The number of nitrogens with zero attached hydrogens (tertiary/aromatic N) is 2. The van der Waals surface area contributed by atoms with Crippen LogP contribution in [0, 0.1) is 0 Å². The Balaban J connectivity index is 1.74. The molecule has 8 nitrogen and oxygen atoms in total. The minimum absolute atomic E-state index is 0.198. The van der Waals surface area contributed by atoms with Crippen molar-refractivity contribution in [1.29, 1.82) is 0 Å². The second kappa shape index (κ2) is 9.18. The zero-order chi connectivity index (χ0) is 19.9. The molecule has 2 heterocycles. The lowest BCUT2D eigenvalue weighted by Crippen LogP contribution is -2.52. The van der Waals surface area contributed by atoms with Crippen LogP contribution >= 0.6 is 0 Å². The molecule has 0 saturated carbocycles. The van der Waals surface area contributed by atoms with Crippen LogP contribution in [0.1, 0.15) is 18.0 Å². The molecule has 3 amide bonds. The maximum atomic E-state index is 12.4. The van der Waals surface area contributed by atoms with Crippen molar-refractivity contribution in [3.05, 3.63) is 54.4 Å². The number of aliphatic hydroxyl groups excluding tert-OH is 1. The van der Waals surface area contributed by atoms with Crippen LogP contribution in [0.5, 0.6) is 5.75 Å². The molecule has 0 bridgehead atoms. The van der Waals surface area contributed by atoms with E-state index in [1.807, 2.05) is 36.4 Å². The van der Waals surface area contributed by atoms with Gasteiger partial charge in [-0.3, -0.25) is 9.78 Å². The number of para-hydroxylation sites is 1. The number of carbonyl (C=O) groups excluding carboxylic acids is 2. The second-order valence-electron chi connectivity index (χ2n) is 6.59. The number of aliphatic hydroxyl groups is 1. The summed E-state index contributed by atoms with van der Waals surface area (Å²) in [6.45, 7) is 0.298. The van der Waals surface area contributed by atoms with E-state index in [9.17, 15) is 14.7 Å². The highest BCUT2D eigenvalue weighted by Crippen LogP contribution is 2.27. The average Bonchev–Trinajstić information content (AvgIpc) is 2.74. The van der Waals surface area contributed by atoms with Gasteiger partial charge in [0.1, 0.15) is 12.4 Å². The summed E-state index contributed by atoms with van der Waals surface area (Å²) in [5.41, 5.74) is 1.45. The van der Waals surface area contributed by atoms with Gasteiger partial charge in [0, 0.05) is 36.4 Å². The van der Waals surface area contributed by atoms with Crippen molar-refractivity contribution >= 4 is 17.6 Å². The molecule has 8 heteroatoms. The van der Waals surface area contributed by atoms with E-state index >= 15 is 0 Å². The van der Waals surface area contributed by atoms with Crippen molar-refractivity contribution in [3.63, 3.8) is 0 Å². The third kappa shape index (κ3) is 4.77. The average molecular weight is 384 g/mol. The highest BCUT2D eigenvalue weighted by molar-refractivity contribution is 5.89. The Bertz CT molecular complexity index is 798. The van der Waals surface area contributed by atoms with Gasteiger partial charge in [0.25, 0.3) is 0 Å². The van der Waals surface area contributed by atoms with Gasteiger partial charge in [-0.15, -0.1) is 0 Å². The summed E-state index contributed by atoms with van der Waals surface area (Å²) in [4.78, 5) is 30.4. The van der Waals surface area contributed by atoms with Gasteiger partial charge in [0.05, 0.1) is 13.3 Å². The quantitative estimate of drug-likeness (QED) is 0.726. The summed E-state index contributed by atoms with van der Waals surface area (Å²) >= 11 is 0. The fraction of sp³-hybridized carbons (Fsp3) is 0.350. The van der Waals surface area contributed by atoms with Crippen molar-refractivity contribution in [2.75, 3.05) is 32.1 Å². The number of pyridine rings is 1. The number of rotatable bonds is 5. The Kier molecular flexibility index (Phi) is 6.44. The van der Waals surface area contributed by atoms with E-state index in [2.05, 4.69) is 15.6 Å². The molecule has 1 aliphatic heterocycles. The molecule has 1 saturated heterocycles. The summed E-state index contributed by atoms with van der Waals surface area (Å²) in [5.74, 6) is 0.108. The molecule has 0 radical (unpaired) electrons. The van der Waals surface area contributed by atoms with Crippen LogP contribution in [0.4, 0.5) is 10.5 Å². The molecule has 3 rings (SSSR count). The summed E-state index contributed by atoms with van der Waals surface area (Å²) in [6.07, 6.45) is 2.18. The standard InChI is InChI=1S/C20H24N4O4/c1-28-15-7-8-17(21-11-15)16-12-24(19(26)13-25)10-9-18(16)23-20(27)22-14-5-3-2-4-6-14/h2-8,11,16,18,25H,9-10,12-13H2,1H3,(H2,22,23,27)/t16-,18+/m0/s1. The number of amides is 3. The highest BCUT2D eigenvalue weighted by atomic mass is 16.5. The first kappa shape index (κ1) is 19.6. The van der Waals surface area contributed by atoms with Gasteiger partial charge in [-0.2, -0.15) is 0 Å². The Morgan fingerprint density at radius 2 is 2.04 bits per heavy atom. The number of hydrogen-bond acceptors (Lipinski definition) is 5. The second-order valence-corrected chi connectivity index (χ2v) is 6.59. The number of carbonyl (C=O) groups is 2. The van der Waals surface area contributed by atoms with Crippen LogP contribution in [0.25, 0.3) is 0 Å². The first-order valence-electron chi connectivity index (χ1n) is 9.12. The SMILES string of the molecule is COc1ccc([C@@H]2CN(C(=O)CO)CC[C@H]2NC(=O)Nc2ccccc2)nc1. The van der Waals surface area contributed by atoms with Crippen LogP contribution in [0.3, 0.4) is 0 Å². The lowest BCUT2D eigenvalue weighted by Gasteiger charge is -2.38. The third-order valence-corrected chi connectivity index (χ3v) is 4.82. The van der Waals surface area contributed by atoms with Crippen molar-refractivity contribution in [2.45, 2.75) is 18.4 Å². The fourth-order valence-corrected chi connectivity index (χ4v) is 3.34. The monoisotopic (exact) mass is 384 g/mol. The Hall–Kier alpha value is -3.13. The van der Waals surface area contributed by atoms with E-state index in [-0.39, 0.29) is 23.9 Å². The summed E-state index contributed by atoms with van der Waals surface area (Å²) in [6, 6.07) is 12.3. The van der Waals surface area contributed by atoms with Crippen LogP contribution in [0.15, 0.2) is 48.7 Å². The number of urea groups is 1. The Morgan fingerprint density at radius 1 is 1.25 bits per heavy atom. The fourth-order valence-electron chi connectivity index (χ4n) is 3.34. The molecular weight excluding hydrogens is 360 g/mol. The number of nitrogens with one attached hydrogen (secondary N) is 2. The molecule has 0 aliphatic carbocycles. The number of ether oxygens (including phenoxy) is 1.